The van der Waals surface area contributed by atoms with E-state index in [0.29, 0.717) is 24.1 Å². The van der Waals surface area contributed by atoms with E-state index in [0.717, 1.165) is 29.8 Å². The molecule has 1 aliphatic carbocycles. The number of nitrogens with one attached hydrogen (secondary N) is 3. The predicted molar refractivity (Wildman–Crippen MR) is 124 cm³/mol. The number of aryl methyl sites for hydroxylation is 2. The van der Waals surface area contributed by atoms with Gasteiger partial charge in [-0.3, -0.25) is 24.2 Å². The molecule has 3 N–H and O–H groups in total. The maximum absolute atomic E-state index is 13.4. The SMILES string of the molecule is CNC(=O)c1c(NC(=O)C2CCCCC2C(=O)c2ccc(-c3cc(C)[nH]n3)cc2)cnn1C. The van der Waals surface area contributed by atoms with E-state index in [9.17, 15) is 14.4 Å². The Bertz CT molecular complexity index is 1180. The maximum Gasteiger partial charge on any atom is 0.271 e. The fourth-order valence-electron chi connectivity index (χ4n) is 4.49. The van der Waals surface area contributed by atoms with Crippen LogP contribution in [-0.2, 0) is 11.8 Å². The van der Waals surface area contributed by atoms with E-state index in [2.05, 4.69) is 25.9 Å². The van der Waals surface area contributed by atoms with Gasteiger partial charge in [0.1, 0.15) is 5.69 Å². The third-order valence-corrected chi connectivity index (χ3v) is 6.25. The van der Waals surface area contributed by atoms with E-state index in [1.54, 1.807) is 19.2 Å². The Morgan fingerprint density at radius 1 is 1.09 bits per heavy atom. The highest BCUT2D eigenvalue weighted by Crippen LogP contribution is 2.34. The lowest BCUT2D eigenvalue weighted by atomic mass is 9.75. The van der Waals surface area contributed by atoms with E-state index in [-0.39, 0.29) is 23.3 Å². The summed E-state index contributed by atoms with van der Waals surface area (Å²) in [6.45, 7) is 1.94. The number of benzene rings is 1. The van der Waals surface area contributed by atoms with Gasteiger partial charge in [0.05, 0.1) is 17.6 Å². The van der Waals surface area contributed by atoms with Gasteiger partial charge in [-0.1, -0.05) is 37.1 Å². The number of hydrogen-bond donors (Lipinski definition) is 3. The molecule has 2 heterocycles. The molecule has 9 heteroatoms. The Balaban J connectivity index is 1.52. The van der Waals surface area contributed by atoms with Crippen molar-refractivity contribution in [1.29, 1.82) is 0 Å². The highest BCUT2D eigenvalue weighted by Gasteiger charge is 2.36. The summed E-state index contributed by atoms with van der Waals surface area (Å²) < 4.78 is 1.42. The van der Waals surface area contributed by atoms with Crippen molar-refractivity contribution in [3.8, 4) is 11.3 Å². The predicted octanol–water partition coefficient (Wildman–Crippen LogP) is 3.11. The number of ketones is 1. The highest BCUT2D eigenvalue weighted by atomic mass is 16.2. The van der Waals surface area contributed by atoms with E-state index in [4.69, 9.17) is 0 Å². The molecule has 2 amide bonds. The van der Waals surface area contributed by atoms with Crippen LogP contribution < -0.4 is 10.6 Å². The number of aromatic amines is 1. The lowest BCUT2D eigenvalue weighted by molar-refractivity contribution is -0.122. The Hall–Kier alpha value is -3.75. The summed E-state index contributed by atoms with van der Waals surface area (Å²) in [4.78, 5) is 38.7. The van der Waals surface area contributed by atoms with Crippen molar-refractivity contribution in [3.63, 3.8) is 0 Å². The van der Waals surface area contributed by atoms with E-state index >= 15 is 0 Å². The number of rotatable bonds is 6. The Kier molecular flexibility index (Phi) is 6.39. The topological polar surface area (TPSA) is 122 Å². The normalized spacial score (nSPS) is 18.0. The summed E-state index contributed by atoms with van der Waals surface area (Å²) in [7, 11) is 3.16. The van der Waals surface area contributed by atoms with E-state index in [1.807, 2.05) is 25.1 Å². The van der Waals surface area contributed by atoms with Crippen LogP contribution in [0.2, 0.25) is 0 Å². The third kappa shape index (κ3) is 4.57. The lowest BCUT2D eigenvalue weighted by Crippen LogP contribution is -2.36. The van der Waals surface area contributed by atoms with E-state index < -0.39 is 11.8 Å². The quantitative estimate of drug-likeness (QED) is 0.500. The minimum Gasteiger partial charge on any atom is -0.354 e. The van der Waals surface area contributed by atoms with Crippen molar-refractivity contribution in [2.45, 2.75) is 32.6 Å². The molecular weight excluding hydrogens is 420 g/mol. The number of anilines is 1. The minimum atomic E-state index is -0.460. The van der Waals surface area contributed by atoms with Gasteiger partial charge in [0.2, 0.25) is 5.91 Å². The molecule has 3 aromatic rings. The molecule has 33 heavy (non-hydrogen) atoms. The van der Waals surface area contributed by atoms with Gasteiger partial charge in [-0.15, -0.1) is 0 Å². The largest absolute Gasteiger partial charge is 0.354 e. The second-order valence-electron chi connectivity index (χ2n) is 8.47. The molecule has 172 valence electrons. The number of aromatic nitrogens is 4. The molecule has 1 fully saturated rings. The fraction of sp³-hybridized carbons (Fsp3) is 0.375. The monoisotopic (exact) mass is 448 g/mol. The first kappa shape index (κ1) is 22.4. The summed E-state index contributed by atoms with van der Waals surface area (Å²) in [6, 6.07) is 9.31. The summed E-state index contributed by atoms with van der Waals surface area (Å²) in [5.41, 5.74) is 3.92. The van der Waals surface area contributed by atoms with Gasteiger partial charge in [0.25, 0.3) is 5.91 Å². The molecular formula is C24H28N6O3. The molecule has 0 bridgehead atoms. The standard InChI is InChI=1S/C24H28N6O3/c1-14-12-19(29-28-14)15-8-10-16(11-9-15)22(31)17-6-4-5-7-18(17)23(32)27-20-13-26-30(3)21(20)24(33)25-2/h8-13,17-18H,4-7H2,1-3H3,(H,25,33)(H,27,32)(H,28,29). The van der Waals surface area contributed by atoms with Gasteiger partial charge in [0.15, 0.2) is 5.78 Å². The van der Waals surface area contributed by atoms with Gasteiger partial charge in [-0.25, -0.2) is 0 Å². The van der Waals surface area contributed by atoms with Gasteiger partial charge in [0, 0.05) is 42.8 Å². The highest BCUT2D eigenvalue weighted by molar-refractivity contribution is 6.05. The van der Waals surface area contributed by atoms with Crippen LogP contribution >= 0.6 is 0 Å². The molecule has 1 aliphatic rings. The zero-order valence-corrected chi connectivity index (χ0v) is 19.0. The summed E-state index contributed by atoms with van der Waals surface area (Å²) >= 11 is 0. The van der Waals surface area contributed by atoms with Crippen LogP contribution in [0, 0.1) is 18.8 Å². The minimum absolute atomic E-state index is 0.0303. The second kappa shape index (κ2) is 9.40. The Morgan fingerprint density at radius 3 is 2.42 bits per heavy atom. The van der Waals surface area contributed by atoms with Crippen LogP contribution in [0.5, 0.6) is 0 Å². The number of carbonyl (C=O) groups is 3. The molecule has 4 rings (SSSR count). The van der Waals surface area contributed by atoms with Crippen molar-refractivity contribution < 1.29 is 14.4 Å². The van der Waals surface area contributed by atoms with E-state index in [1.165, 1.54) is 17.9 Å². The van der Waals surface area contributed by atoms with Crippen molar-refractivity contribution in [2.24, 2.45) is 18.9 Å². The first-order valence-electron chi connectivity index (χ1n) is 11.1. The summed E-state index contributed by atoms with van der Waals surface area (Å²) in [5, 5.41) is 16.7. The molecule has 0 spiro atoms. The Morgan fingerprint density at radius 2 is 1.79 bits per heavy atom. The van der Waals surface area contributed by atoms with Crippen LogP contribution in [0.1, 0.15) is 52.2 Å². The molecule has 0 saturated heterocycles. The summed E-state index contributed by atoms with van der Waals surface area (Å²) in [5.74, 6) is -1.49. The number of carbonyl (C=O) groups excluding carboxylic acids is 3. The molecule has 1 aromatic carbocycles. The third-order valence-electron chi connectivity index (χ3n) is 6.25. The number of Topliss-reactive ketones (excluding diaryl/α,β-unsaturated/α-hetero) is 1. The van der Waals surface area contributed by atoms with Gasteiger partial charge < -0.3 is 10.6 Å². The van der Waals surface area contributed by atoms with Gasteiger partial charge >= 0.3 is 0 Å². The van der Waals surface area contributed by atoms with Crippen molar-refractivity contribution in [1.82, 2.24) is 25.3 Å². The molecule has 1 saturated carbocycles. The number of amides is 2. The fourth-order valence-corrected chi connectivity index (χ4v) is 4.49. The molecule has 0 aliphatic heterocycles. The van der Waals surface area contributed by atoms with Crippen LogP contribution in [0.4, 0.5) is 5.69 Å². The lowest BCUT2D eigenvalue weighted by Gasteiger charge is -2.29. The molecule has 2 unspecified atom stereocenters. The van der Waals surface area contributed by atoms with Crippen LogP contribution in [-0.4, -0.2) is 44.6 Å². The first-order valence-corrected chi connectivity index (χ1v) is 11.1. The zero-order chi connectivity index (χ0) is 23.5. The first-order chi connectivity index (χ1) is 15.9. The molecule has 2 atom stereocenters. The molecule has 9 nitrogen and oxygen atoms in total. The van der Waals surface area contributed by atoms with Gasteiger partial charge in [-0.2, -0.15) is 10.2 Å². The van der Waals surface area contributed by atoms with Crippen molar-refractivity contribution in [3.05, 3.63) is 53.5 Å². The van der Waals surface area contributed by atoms with Crippen molar-refractivity contribution >= 4 is 23.3 Å². The average molecular weight is 449 g/mol. The summed E-state index contributed by atoms with van der Waals surface area (Å²) in [6.07, 6.45) is 4.53. The number of nitrogens with zero attached hydrogens (tertiary/aromatic N) is 3. The van der Waals surface area contributed by atoms with Crippen LogP contribution in [0.25, 0.3) is 11.3 Å². The second-order valence-corrected chi connectivity index (χ2v) is 8.47. The van der Waals surface area contributed by atoms with Crippen LogP contribution in [0.15, 0.2) is 36.5 Å². The van der Waals surface area contributed by atoms with Crippen molar-refractivity contribution in [2.75, 3.05) is 12.4 Å². The zero-order valence-electron chi connectivity index (χ0n) is 19.0. The molecule has 0 radical (unpaired) electrons. The Labute approximate surface area is 192 Å². The number of H-pyrrole nitrogens is 1. The van der Waals surface area contributed by atoms with Gasteiger partial charge in [-0.05, 0) is 25.8 Å². The average Bonchev–Trinajstić information content (AvgIpc) is 3.43. The number of hydrogen-bond acceptors (Lipinski definition) is 5. The molecule has 2 aromatic heterocycles. The maximum atomic E-state index is 13.4. The smallest absolute Gasteiger partial charge is 0.271 e. The van der Waals surface area contributed by atoms with Crippen LogP contribution in [0.3, 0.4) is 0 Å².